The van der Waals surface area contributed by atoms with Crippen molar-refractivity contribution in [3.05, 3.63) is 29.3 Å². The van der Waals surface area contributed by atoms with Crippen LogP contribution in [-0.4, -0.2) is 41.6 Å². The van der Waals surface area contributed by atoms with Crippen molar-refractivity contribution in [1.29, 1.82) is 0 Å². The number of benzene rings is 1. The van der Waals surface area contributed by atoms with Crippen LogP contribution in [0.1, 0.15) is 22.8 Å². The fourth-order valence-corrected chi connectivity index (χ4v) is 2.05. The van der Waals surface area contributed by atoms with Gasteiger partial charge in [-0.15, -0.1) is 0 Å². The van der Waals surface area contributed by atoms with Gasteiger partial charge in [-0.2, -0.15) is 0 Å². The molecule has 0 spiro atoms. The topological polar surface area (TPSA) is 52.6 Å². The van der Waals surface area contributed by atoms with Gasteiger partial charge >= 0.3 is 0 Å². The number of para-hydroxylation sites is 1. The summed E-state index contributed by atoms with van der Waals surface area (Å²) in [6.45, 7) is 6.10. The maximum Gasteiger partial charge on any atom is 0.257 e. The molecule has 1 saturated heterocycles. The molecular weight excluding hydrogens is 216 g/mol. The number of carbonyl (C=O) groups is 1. The molecule has 17 heavy (non-hydrogen) atoms. The molecule has 0 aliphatic carbocycles. The van der Waals surface area contributed by atoms with Crippen molar-refractivity contribution in [2.45, 2.75) is 19.9 Å². The van der Waals surface area contributed by atoms with Gasteiger partial charge in [0, 0.05) is 19.6 Å². The average molecular weight is 234 g/mol. The van der Waals surface area contributed by atoms with Crippen molar-refractivity contribution in [2.24, 2.45) is 0 Å². The smallest absolute Gasteiger partial charge is 0.257 e. The van der Waals surface area contributed by atoms with Crippen LogP contribution in [0, 0.1) is 6.92 Å². The number of phenolic OH excluding ortho intramolecular Hbond substituents is 1. The lowest BCUT2D eigenvalue weighted by molar-refractivity contribution is 0.0627. The molecule has 1 aliphatic heterocycles. The Kier molecular flexibility index (Phi) is 3.33. The van der Waals surface area contributed by atoms with Gasteiger partial charge in [-0.3, -0.25) is 4.79 Å². The maximum atomic E-state index is 12.3. The second-order valence-corrected chi connectivity index (χ2v) is 4.37. The van der Waals surface area contributed by atoms with Gasteiger partial charge in [0.25, 0.3) is 5.91 Å². The Labute approximate surface area is 101 Å². The zero-order valence-electron chi connectivity index (χ0n) is 10.2. The summed E-state index contributed by atoms with van der Waals surface area (Å²) in [5, 5.41) is 13.1. The minimum atomic E-state index is -0.0831. The molecule has 0 unspecified atom stereocenters. The number of rotatable bonds is 3. The molecule has 1 amide bonds. The predicted molar refractivity (Wildman–Crippen MR) is 66.2 cm³/mol. The Morgan fingerprint density at radius 1 is 1.53 bits per heavy atom. The zero-order chi connectivity index (χ0) is 12.4. The van der Waals surface area contributed by atoms with Crippen LogP contribution < -0.4 is 5.32 Å². The van der Waals surface area contributed by atoms with Gasteiger partial charge in [0.05, 0.1) is 11.6 Å². The zero-order valence-corrected chi connectivity index (χ0v) is 10.2. The molecule has 2 rings (SSSR count). The van der Waals surface area contributed by atoms with E-state index in [2.05, 4.69) is 5.32 Å². The number of aromatic hydroxyl groups is 1. The normalized spacial score (nSPS) is 15.4. The van der Waals surface area contributed by atoms with Gasteiger partial charge in [-0.1, -0.05) is 12.1 Å². The lowest BCUT2D eigenvalue weighted by Gasteiger charge is -2.37. The molecule has 4 nitrogen and oxygen atoms in total. The summed E-state index contributed by atoms with van der Waals surface area (Å²) < 4.78 is 0. The summed E-state index contributed by atoms with van der Waals surface area (Å²) in [5.74, 6) is 0.0171. The van der Waals surface area contributed by atoms with Crippen molar-refractivity contribution in [3.8, 4) is 5.75 Å². The second-order valence-electron chi connectivity index (χ2n) is 4.37. The third kappa shape index (κ3) is 2.13. The monoisotopic (exact) mass is 234 g/mol. The molecule has 0 saturated carbocycles. The minimum absolute atomic E-state index is 0.0831. The highest BCUT2D eigenvalue weighted by molar-refractivity contribution is 5.97. The molecule has 1 heterocycles. The first-order valence-corrected chi connectivity index (χ1v) is 5.95. The second kappa shape index (κ2) is 4.75. The highest BCUT2D eigenvalue weighted by atomic mass is 16.3. The molecule has 0 atom stereocenters. The SMILES string of the molecule is CCN(C(=O)c1cccc(C)c1O)C1CNC1. The van der Waals surface area contributed by atoms with Crippen LogP contribution >= 0.6 is 0 Å². The van der Waals surface area contributed by atoms with E-state index in [1.54, 1.807) is 25.1 Å². The molecule has 1 aliphatic rings. The number of hydrogen-bond donors (Lipinski definition) is 2. The van der Waals surface area contributed by atoms with E-state index in [9.17, 15) is 9.90 Å². The van der Waals surface area contributed by atoms with Gasteiger partial charge in [0.2, 0.25) is 0 Å². The van der Waals surface area contributed by atoms with Crippen LogP contribution in [0.3, 0.4) is 0 Å². The molecule has 1 aromatic carbocycles. The molecule has 1 aromatic rings. The Morgan fingerprint density at radius 3 is 2.76 bits per heavy atom. The number of carbonyl (C=O) groups excluding carboxylic acids is 1. The highest BCUT2D eigenvalue weighted by Gasteiger charge is 2.29. The standard InChI is InChI=1S/C13H18N2O2/c1-3-15(10-7-14-8-10)13(17)11-6-4-5-9(2)12(11)16/h4-6,10,14,16H,3,7-8H2,1-2H3. The number of likely N-dealkylation sites (N-methyl/N-ethyl adjacent to an activating group) is 1. The van der Waals surface area contributed by atoms with E-state index in [0.717, 1.165) is 18.7 Å². The first kappa shape index (κ1) is 11.9. The molecule has 0 aromatic heterocycles. The highest BCUT2D eigenvalue weighted by Crippen LogP contribution is 2.24. The summed E-state index contributed by atoms with van der Waals surface area (Å²) in [6.07, 6.45) is 0. The fraction of sp³-hybridized carbons (Fsp3) is 0.462. The molecule has 1 fully saturated rings. The van der Waals surface area contributed by atoms with Gasteiger partial charge in [0.1, 0.15) is 5.75 Å². The molecule has 4 heteroatoms. The largest absolute Gasteiger partial charge is 0.507 e. The van der Waals surface area contributed by atoms with Crippen LogP contribution in [0.4, 0.5) is 0 Å². The number of amides is 1. The Bertz CT molecular complexity index is 427. The van der Waals surface area contributed by atoms with Crippen LogP contribution in [0.5, 0.6) is 5.75 Å². The Morgan fingerprint density at radius 2 is 2.24 bits per heavy atom. The Hall–Kier alpha value is -1.55. The summed E-state index contributed by atoms with van der Waals surface area (Å²) in [4.78, 5) is 14.1. The van der Waals surface area contributed by atoms with Crippen LogP contribution in [0.2, 0.25) is 0 Å². The van der Waals surface area contributed by atoms with Gasteiger partial charge < -0.3 is 15.3 Å². The number of phenols is 1. The molecule has 0 bridgehead atoms. The summed E-state index contributed by atoms with van der Waals surface area (Å²) in [5.41, 5.74) is 1.14. The summed E-state index contributed by atoms with van der Waals surface area (Å²) >= 11 is 0. The fourth-order valence-electron chi connectivity index (χ4n) is 2.05. The number of hydrogen-bond acceptors (Lipinski definition) is 3. The van der Waals surface area contributed by atoms with Crippen molar-refractivity contribution < 1.29 is 9.90 Å². The van der Waals surface area contributed by atoms with E-state index in [0.29, 0.717) is 12.1 Å². The van der Waals surface area contributed by atoms with E-state index in [4.69, 9.17) is 0 Å². The predicted octanol–water partition coefficient (Wildman–Crippen LogP) is 1.13. The van der Waals surface area contributed by atoms with Gasteiger partial charge in [-0.05, 0) is 25.5 Å². The van der Waals surface area contributed by atoms with E-state index >= 15 is 0 Å². The lowest BCUT2D eigenvalue weighted by atomic mass is 10.1. The number of aryl methyl sites for hydroxylation is 1. The van der Waals surface area contributed by atoms with Crippen molar-refractivity contribution in [1.82, 2.24) is 10.2 Å². The molecule has 0 radical (unpaired) electrons. The molecule has 92 valence electrons. The van der Waals surface area contributed by atoms with E-state index < -0.39 is 0 Å². The minimum Gasteiger partial charge on any atom is -0.507 e. The molecular formula is C13H18N2O2. The first-order valence-electron chi connectivity index (χ1n) is 5.95. The average Bonchev–Trinajstić information content (AvgIpc) is 2.26. The summed E-state index contributed by atoms with van der Waals surface area (Å²) in [7, 11) is 0. The first-order chi connectivity index (χ1) is 8.15. The van der Waals surface area contributed by atoms with Gasteiger partial charge in [-0.25, -0.2) is 0 Å². The maximum absolute atomic E-state index is 12.3. The van der Waals surface area contributed by atoms with Crippen LogP contribution in [0.25, 0.3) is 0 Å². The van der Waals surface area contributed by atoms with E-state index in [-0.39, 0.29) is 17.7 Å². The Balaban J connectivity index is 2.25. The van der Waals surface area contributed by atoms with Gasteiger partial charge in [0.15, 0.2) is 0 Å². The summed E-state index contributed by atoms with van der Waals surface area (Å²) in [6, 6.07) is 5.54. The van der Waals surface area contributed by atoms with Crippen LogP contribution in [-0.2, 0) is 0 Å². The van der Waals surface area contributed by atoms with Crippen molar-refractivity contribution in [2.75, 3.05) is 19.6 Å². The lowest BCUT2D eigenvalue weighted by Crippen LogP contribution is -2.58. The van der Waals surface area contributed by atoms with E-state index in [1.807, 2.05) is 11.8 Å². The number of nitrogens with one attached hydrogen (secondary N) is 1. The third-order valence-electron chi connectivity index (χ3n) is 3.27. The van der Waals surface area contributed by atoms with Crippen molar-refractivity contribution in [3.63, 3.8) is 0 Å². The van der Waals surface area contributed by atoms with E-state index in [1.165, 1.54) is 0 Å². The molecule has 2 N–H and O–H groups in total. The number of nitrogens with zero attached hydrogens (tertiary/aromatic N) is 1. The third-order valence-corrected chi connectivity index (χ3v) is 3.27. The quantitative estimate of drug-likeness (QED) is 0.824. The van der Waals surface area contributed by atoms with Crippen LogP contribution in [0.15, 0.2) is 18.2 Å². The van der Waals surface area contributed by atoms with Crippen molar-refractivity contribution >= 4 is 5.91 Å².